The van der Waals surface area contributed by atoms with E-state index < -0.39 is 0 Å². The highest BCUT2D eigenvalue weighted by molar-refractivity contribution is 6.17. The Bertz CT molecular complexity index is 478. The van der Waals surface area contributed by atoms with Crippen molar-refractivity contribution in [3.05, 3.63) is 41.7 Å². The Labute approximate surface area is 98.1 Å². The van der Waals surface area contributed by atoms with E-state index in [4.69, 9.17) is 16.0 Å². The molecule has 0 N–H and O–H groups in total. The zero-order chi connectivity index (χ0) is 11.5. The molecule has 0 aliphatic heterocycles. The maximum Gasteiger partial charge on any atom is 0.196 e. The minimum atomic E-state index is -0.262. The van der Waals surface area contributed by atoms with Gasteiger partial charge in [0.25, 0.3) is 0 Å². The van der Waals surface area contributed by atoms with Crippen molar-refractivity contribution in [2.45, 2.75) is 13.3 Å². The van der Waals surface area contributed by atoms with Gasteiger partial charge in [0.2, 0.25) is 0 Å². The number of benzene rings is 1. The van der Waals surface area contributed by atoms with Gasteiger partial charge >= 0.3 is 0 Å². The second-order valence-electron chi connectivity index (χ2n) is 3.47. The number of aryl methyl sites for hydroxylation is 2. The molecule has 4 heteroatoms. The van der Waals surface area contributed by atoms with Crippen molar-refractivity contribution in [1.82, 2.24) is 4.98 Å². The minimum absolute atomic E-state index is 0.262. The fraction of sp³-hybridized carbons (Fsp3) is 0.250. The van der Waals surface area contributed by atoms with Crippen LogP contribution in [0, 0.1) is 12.7 Å². The van der Waals surface area contributed by atoms with E-state index >= 15 is 0 Å². The van der Waals surface area contributed by atoms with Crippen LogP contribution in [-0.4, -0.2) is 10.9 Å². The lowest BCUT2D eigenvalue weighted by Gasteiger charge is -1.97. The van der Waals surface area contributed by atoms with E-state index in [1.54, 1.807) is 12.1 Å². The zero-order valence-electron chi connectivity index (χ0n) is 8.84. The molecular formula is C12H11ClFNO. The molecule has 0 atom stereocenters. The average molecular weight is 240 g/mol. The summed E-state index contributed by atoms with van der Waals surface area (Å²) in [5, 5.41) is 0. The van der Waals surface area contributed by atoms with Crippen LogP contribution in [0.3, 0.4) is 0 Å². The number of hydrogen-bond donors (Lipinski definition) is 0. The molecule has 0 fully saturated rings. The van der Waals surface area contributed by atoms with Gasteiger partial charge in [0.05, 0.1) is 5.69 Å². The first kappa shape index (κ1) is 11.1. The van der Waals surface area contributed by atoms with Crippen molar-refractivity contribution in [3.63, 3.8) is 0 Å². The summed E-state index contributed by atoms with van der Waals surface area (Å²) in [6.45, 7) is 1.86. The topological polar surface area (TPSA) is 26.0 Å². The molecule has 1 aromatic heterocycles. The summed E-state index contributed by atoms with van der Waals surface area (Å²) in [6.07, 6.45) is 0.601. The minimum Gasteiger partial charge on any atom is -0.440 e. The molecule has 0 aliphatic rings. The van der Waals surface area contributed by atoms with Gasteiger partial charge < -0.3 is 4.42 Å². The summed E-state index contributed by atoms with van der Waals surface area (Å²) >= 11 is 5.61. The molecule has 0 aliphatic carbocycles. The molecule has 16 heavy (non-hydrogen) atoms. The number of oxazole rings is 1. The first-order valence-corrected chi connectivity index (χ1v) is 5.52. The zero-order valence-corrected chi connectivity index (χ0v) is 9.59. The van der Waals surface area contributed by atoms with E-state index in [1.165, 1.54) is 12.1 Å². The van der Waals surface area contributed by atoms with Gasteiger partial charge in [-0.15, -0.1) is 11.6 Å². The van der Waals surface area contributed by atoms with Gasteiger partial charge in [-0.1, -0.05) is 0 Å². The Kier molecular flexibility index (Phi) is 3.25. The lowest BCUT2D eigenvalue weighted by atomic mass is 10.1. The Balaban J connectivity index is 2.36. The molecule has 0 amide bonds. The maximum atomic E-state index is 12.8. The number of halogens is 2. The molecule has 2 nitrogen and oxygen atoms in total. The average Bonchev–Trinajstić information content (AvgIpc) is 2.61. The normalized spacial score (nSPS) is 10.7. The second kappa shape index (κ2) is 4.66. The van der Waals surface area contributed by atoms with E-state index in [2.05, 4.69) is 4.98 Å². The summed E-state index contributed by atoms with van der Waals surface area (Å²) in [5.74, 6) is 1.51. The summed E-state index contributed by atoms with van der Waals surface area (Å²) in [7, 11) is 0. The predicted molar refractivity (Wildman–Crippen MR) is 61.1 cm³/mol. The van der Waals surface area contributed by atoms with Crippen LogP contribution in [0.15, 0.2) is 28.7 Å². The SMILES string of the molecule is Cc1nc(CCCl)oc1-c1ccc(F)cc1. The smallest absolute Gasteiger partial charge is 0.196 e. The molecule has 2 aromatic rings. The van der Waals surface area contributed by atoms with Gasteiger partial charge in [-0.3, -0.25) is 0 Å². The molecule has 1 heterocycles. The van der Waals surface area contributed by atoms with Crippen molar-refractivity contribution in [3.8, 4) is 11.3 Å². The van der Waals surface area contributed by atoms with Gasteiger partial charge in [-0.25, -0.2) is 9.37 Å². The van der Waals surface area contributed by atoms with E-state index in [1.807, 2.05) is 6.92 Å². The molecule has 84 valence electrons. The van der Waals surface area contributed by atoms with Gasteiger partial charge in [-0.05, 0) is 31.2 Å². The van der Waals surface area contributed by atoms with Crippen LogP contribution >= 0.6 is 11.6 Å². The number of aromatic nitrogens is 1. The number of rotatable bonds is 3. The van der Waals surface area contributed by atoms with Gasteiger partial charge in [0.1, 0.15) is 5.82 Å². The van der Waals surface area contributed by atoms with Crippen molar-refractivity contribution in [1.29, 1.82) is 0 Å². The number of hydrogen-bond acceptors (Lipinski definition) is 2. The number of alkyl halides is 1. The summed E-state index contributed by atoms with van der Waals surface area (Å²) < 4.78 is 18.3. The molecule has 1 aromatic carbocycles. The Morgan fingerprint density at radius 3 is 2.62 bits per heavy atom. The highest BCUT2D eigenvalue weighted by Gasteiger charge is 2.11. The Morgan fingerprint density at radius 1 is 1.31 bits per heavy atom. The standard InChI is InChI=1S/C12H11ClFNO/c1-8-12(16-11(15-8)6-7-13)9-2-4-10(14)5-3-9/h2-5H,6-7H2,1H3. The largest absolute Gasteiger partial charge is 0.440 e. The van der Waals surface area contributed by atoms with E-state index in [-0.39, 0.29) is 5.82 Å². The molecule has 0 unspecified atom stereocenters. The predicted octanol–water partition coefficient (Wildman–Crippen LogP) is 3.57. The summed E-state index contributed by atoms with van der Waals surface area (Å²) in [6, 6.07) is 6.15. The quantitative estimate of drug-likeness (QED) is 0.766. The Morgan fingerprint density at radius 2 is 2.00 bits per heavy atom. The highest BCUT2D eigenvalue weighted by Crippen LogP contribution is 2.24. The molecule has 0 spiro atoms. The van der Waals surface area contributed by atoms with E-state index in [9.17, 15) is 4.39 Å². The fourth-order valence-electron chi connectivity index (χ4n) is 1.51. The molecule has 0 saturated heterocycles. The first-order valence-electron chi connectivity index (χ1n) is 4.99. The third-order valence-electron chi connectivity index (χ3n) is 2.26. The third-order valence-corrected chi connectivity index (χ3v) is 2.44. The highest BCUT2D eigenvalue weighted by atomic mass is 35.5. The van der Waals surface area contributed by atoms with Crippen molar-refractivity contribution in [2.24, 2.45) is 0 Å². The Hall–Kier alpha value is -1.35. The molecular weight excluding hydrogens is 229 g/mol. The second-order valence-corrected chi connectivity index (χ2v) is 3.85. The van der Waals surface area contributed by atoms with Crippen molar-refractivity contribution in [2.75, 3.05) is 5.88 Å². The lowest BCUT2D eigenvalue weighted by Crippen LogP contribution is -1.84. The summed E-state index contributed by atoms with van der Waals surface area (Å²) in [5.41, 5.74) is 1.62. The van der Waals surface area contributed by atoms with Crippen LogP contribution in [-0.2, 0) is 6.42 Å². The van der Waals surface area contributed by atoms with Crippen LogP contribution in [0.4, 0.5) is 4.39 Å². The van der Waals surface area contributed by atoms with Crippen molar-refractivity contribution < 1.29 is 8.81 Å². The summed E-state index contributed by atoms with van der Waals surface area (Å²) in [4.78, 5) is 4.25. The van der Waals surface area contributed by atoms with Crippen LogP contribution in [0.1, 0.15) is 11.6 Å². The van der Waals surface area contributed by atoms with Crippen LogP contribution in [0.2, 0.25) is 0 Å². The monoisotopic (exact) mass is 239 g/mol. The van der Waals surface area contributed by atoms with E-state index in [0.717, 1.165) is 11.3 Å². The third kappa shape index (κ3) is 2.25. The first-order chi connectivity index (χ1) is 7.70. The van der Waals surface area contributed by atoms with Crippen LogP contribution < -0.4 is 0 Å². The fourth-order valence-corrected chi connectivity index (χ4v) is 1.67. The molecule has 2 rings (SSSR count). The molecule has 0 bridgehead atoms. The van der Waals surface area contributed by atoms with Gasteiger partial charge in [0.15, 0.2) is 11.7 Å². The maximum absolute atomic E-state index is 12.8. The van der Waals surface area contributed by atoms with Gasteiger partial charge in [0, 0.05) is 17.9 Å². The van der Waals surface area contributed by atoms with E-state index in [0.29, 0.717) is 24.0 Å². The van der Waals surface area contributed by atoms with Crippen LogP contribution in [0.5, 0.6) is 0 Å². The molecule has 0 radical (unpaired) electrons. The lowest BCUT2D eigenvalue weighted by molar-refractivity contribution is 0.514. The van der Waals surface area contributed by atoms with Gasteiger partial charge in [-0.2, -0.15) is 0 Å². The van der Waals surface area contributed by atoms with Crippen LogP contribution in [0.25, 0.3) is 11.3 Å². The molecule has 0 saturated carbocycles. The number of nitrogens with zero attached hydrogens (tertiary/aromatic N) is 1. The van der Waals surface area contributed by atoms with Crippen molar-refractivity contribution >= 4 is 11.6 Å².